The fourth-order valence-corrected chi connectivity index (χ4v) is 3.33. The maximum atomic E-state index is 11.4. The van der Waals surface area contributed by atoms with E-state index in [-0.39, 0.29) is 10.6 Å². The zero-order valence-electron chi connectivity index (χ0n) is 13.4. The highest BCUT2D eigenvalue weighted by Crippen LogP contribution is 2.41. The summed E-state index contributed by atoms with van der Waals surface area (Å²) in [5, 5.41) is 21.2. The average molecular weight is 363 g/mol. The second kappa shape index (κ2) is 8.29. The van der Waals surface area contributed by atoms with E-state index < -0.39 is 18.5 Å². The first-order valence-corrected chi connectivity index (χ1v) is 8.25. The number of nitrogens with one attached hydrogen (secondary N) is 1. The molecule has 132 valence electrons. The van der Waals surface area contributed by atoms with E-state index >= 15 is 0 Å². The Labute approximate surface area is 147 Å². The molecule has 1 heterocycles. The molecule has 0 bridgehead atoms. The molecular formula is C17H17NO6S. The number of ether oxygens (including phenoxy) is 1. The molecule has 7 nitrogen and oxygen atoms in total. The molecule has 2 rings (SSSR count). The molecule has 0 radical (unpaired) electrons. The largest absolute Gasteiger partial charge is 0.480 e. The fraction of sp³-hybridized carbons (Fsp3) is 0.235. The van der Waals surface area contributed by atoms with Crippen LogP contribution in [0.3, 0.4) is 0 Å². The number of thiophene rings is 1. The Balaban J connectivity index is 2.29. The minimum Gasteiger partial charge on any atom is -0.480 e. The molecular weight excluding hydrogens is 346 g/mol. The topological polar surface area (TPSA) is 113 Å². The number of carboxylic acid groups (broad SMARTS) is 2. The van der Waals surface area contributed by atoms with Gasteiger partial charge in [0, 0.05) is 29.1 Å². The molecule has 1 aromatic carbocycles. The van der Waals surface area contributed by atoms with Crippen molar-refractivity contribution < 1.29 is 29.3 Å². The molecule has 0 aliphatic carbocycles. The number of carboxylic acids is 2. The van der Waals surface area contributed by atoms with E-state index in [9.17, 15) is 19.5 Å². The lowest BCUT2D eigenvalue weighted by Crippen LogP contribution is -2.11. The van der Waals surface area contributed by atoms with E-state index in [0.717, 1.165) is 28.9 Å². The van der Waals surface area contributed by atoms with Gasteiger partial charge in [0.1, 0.15) is 12.0 Å². The van der Waals surface area contributed by atoms with Crippen LogP contribution in [0.4, 0.5) is 5.69 Å². The molecule has 0 saturated heterocycles. The number of carbonyl (C=O) groups excluding carboxylic acids is 1. The maximum absolute atomic E-state index is 11.4. The molecule has 1 aromatic heterocycles. The van der Waals surface area contributed by atoms with Gasteiger partial charge in [0.15, 0.2) is 11.5 Å². The van der Waals surface area contributed by atoms with E-state index in [2.05, 4.69) is 5.32 Å². The van der Waals surface area contributed by atoms with Gasteiger partial charge in [-0.1, -0.05) is 12.1 Å². The van der Waals surface area contributed by atoms with Crippen molar-refractivity contribution in [1.82, 2.24) is 0 Å². The van der Waals surface area contributed by atoms with Crippen LogP contribution in [0.15, 0.2) is 24.3 Å². The van der Waals surface area contributed by atoms with E-state index in [0.29, 0.717) is 23.4 Å². The van der Waals surface area contributed by atoms with Gasteiger partial charge in [0.25, 0.3) is 0 Å². The molecule has 0 aliphatic heterocycles. The Hall–Kier alpha value is -2.87. The van der Waals surface area contributed by atoms with Crippen molar-refractivity contribution in [3.63, 3.8) is 0 Å². The minimum absolute atomic E-state index is 0.0260. The summed E-state index contributed by atoms with van der Waals surface area (Å²) in [5.41, 5.74) is 2.24. The van der Waals surface area contributed by atoms with Crippen molar-refractivity contribution in [2.45, 2.75) is 13.3 Å². The molecule has 0 fully saturated rings. The molecule has 0 amide bonds. The Bertz CT molecular complexity index is 781. The summed E-state index contributed by atoms with van der Waals surface area (Å²) in [5.74, 6) is -2.25. The fourth-order valence-electron chi connectivity index (χ4n) is 2.24. The van der Waals surface area contributed by atoms with Gasteiger partial charge < -0.3 is 25.1 Å². The summed E-state index contributed by atoms with van der Waals surface area (Å²) in [6, 6.07) is 7.32. The van der Waals surface area contributed by atoms with Gasteiger partial charge in [-0.2, -0.15) is 0 Å². The van der Waals surface area contributed by atoms with E-state index in [4.69, 9.17) is 9.84 Å². The lowest BCUT2D eigenvalue weighted by Gasteiger charge is -2.07. The van der Waals surface area contributed by atoms with Crippen molar-refractivity contribution in [2.24, 2.45) is 0 Å². The highest BCUT2D eigenvalue weighted by atomic mass is 32.1. The van der Waals surface area contributed by atoms with Crippen LogP contribution in [0, 0.1) is 6.92 Å². The molecule has 25 heavy (non-hydrogen) atoms. The van der Waals surface area contributed by atoms with Crippen molar-refractivity contribution in [3.8, 4) is 16.2 Å². The smallest absolute Gasteiger partial charge is 0.349 e. The minimum atomic E-state index is -1.17. The summed E-state index contributed by atoms with van der Waals surface area (Å²) in [6.45, 7) is 1.64. The highest BCUT2D eigenvalue weighted by Gasteiger charge is 2.23. The number of hydrogen-bond donors (Lipinski definition) is 3. The van der Waals surface area contributed by atoms with E-state index in [1.54, 1.807) is 6.92 Å². The number of benzene rings is 1. The first kappa shape index (κ1) is 18.5. The number of hydrogen-bond acceptors (Lipinski definition) is 6. The number of rotatable bonds is 9. The Morgan fingerprint density at radius 2 is 1.92 bits per heavy atom. The molecule has 0 atom stereocenters. The third-order valence-electron chi connectivity index (χ3n) is 3.36. The van der Waals surface area contributed by atoms with Gasteiger partial charge in [-0.15, -0.1) is 11.3 Å². The Kier molecular flexibility index (Phi) is 6.13. The van der Waals surface area contributed by atoms with Crippen molar-refractivity contribution >= 4 is 35.2 Å². The van der Waals surface area contributed by atoms with Gasteiger partial charge in [-0.3, -0.25) is 0 Å². The summed E-state index contributed by atoms with van der Waals surface area (Å²) in [7, 11) is 0. The molecule has 3 N–H and O–H groups in total. The maximum Gasteiger partial charge on any atom is 0.349 e. The lowest BCUT2D eigenvalue weighted by molar-refractivity contribution is -0.139. The molecule has 0 aliphatic rings. The molecule has 0 spiro atoms. The van der Waals surface area contributed by atoms with E-state index in [1.807, 2.05) is 24.3 Å². The second-order valence-electron chi connectivity index (χ2n) is 5.16. The SMILES string of the molecule is Cc1c(-c2ccc(NCCC=O)cc2)sc(C(=O)O)c1OCC(=O)O. The van der Waals surface area contributed by atoms with E-state index in [1.165, 1.54) is 0 Å². The normalized spacial score (nSPS) is 10.3. The zero-order chi connectivity index (χ0) is 18.4. The van der Waals surface area contributed by atoms with Crippen LogP contribution in [0.1, 0.15) is 21.7 Å². The predicted molar refractivity (Wildman–Crippen MR) is 93.8 cm³/mol. The standard InChI is InChI=1S/C17H17NO6S/c1-10-14(24-9-13(20)21)16(17(22)23)25-15(10)11-3-5-12(6-4-11)18-7-2-8-19/h3-6,8,18H,2,7,9H2,1H3,(H,20,21)(H,22,23). The number of carbonyl (C=O) groups is 3. The highest BCUT2D eigenvalue weighted by molar-refractivity contribution is 7.18. The summed E-state index contributed by atoms with van der Waals surface area (Å²) >= 11 is 1.04. The van der Waals surface area contributed by atoms with Crippen LogP contribution >= 0.6 is 11.3 Å². The lowest BCUT2D eigenvalue weighted by atomic mass is 10.1. The third kappa shape index (κ3) is 4.57. The predicted octanol–water partition coefficient (Wildman–Crippen LogP) is 2.89. The van der Waals surface area contributed by atoms with Gasteiger partial charge in [-0.05, 0) is 24.6 Å². The summed E-state index contributed by atoms with van der Waals surface area (Å²) < 4.78 is 5.17. The van der Waals surface area contributed by atoms with Crippen LogP contribution in [0.5, 0.6) is 5.75 Å². The number of aromatic carboxylic acids is 1. The summed E-state index contributed by atoms with van der Waals surface area (Å²) in [6.07, 6.45) is 1.25. The number of anilines is 1. The van der Waals surface area contributed by atoms with Crippen LogP contribution in [-0.2, 0) is 9.59 Å². The van der Waals surface area contributed by atoms with Crippen molar-refractivity contribution in [2.75, 3.05) is 18.5 Å². The summed E-state index contributed by atoms with van der Waals surface area (Å²) in [4.78, 5) is 33.1. The van der Waals surface area contributed by atoms with Gasteiger partial charge in [0.2, 0.25) is 0 Å². The van der Waals surface area contributed by atoms with Crippen molar-refractivity contribution in [1.29, 1.82) is 0 Å². The number of aldehydes is 1. The van der Waals surface area contributed by atoms with Gasteiger partial charge in [0.05, 0.1) is 0 Å². The number of aliphatic carboxylic acids is 1. The Morgan fingerprint density at radius 3 is 2.48 bits per heavy atom. The van der Waals surface area contributed by atoms with Gasteiger partial charge >= 0.3 is 11.9 Å². The molecule has 8 heteroatoms. The molecule has 0 unspecified atom stereocenters. The molecule has 0 saturated carbocycles. The quantitative estimate of drug-likeness (QED) is 0.464. The van der Waals surface area contributed by atoms with Crippen LogP contribution in [0.25, 0.3) is 10.4 Å². The van der Waals surface area contributed by atoms with Crippen LogP contribution in [-0.4, -0.2) is 41.6 Å². The molecule has 2 aromatic rings. The Morgan fingerprint density at radius 1 is 1.24 bits per heavy atom. The van der Waals surface area contributed by atoms with Crippen LogP contribution < -0.4 is 10.1 Å². The monoisotopic (exact) mass is 363 g/mol. The first-order chi connectivity index (χ1) is 11.9. The van der Waals surface area contributed by atoms with Crippen molar-refractivity contribution in [3.05, 3.63) is 34.7 Å². The zero-order valence-corrected chi connectivity index (χ0v) is 14.3. The third-order valence-corrected chi connectivity index (χ3v) is 4.67. The van der Waals surface area contributed by atoms with Gasteiger partial charge in [-0.25, -0.2) is 9.59 Å². The van der Waals surface area contributed by atoms with Crippen LogP contribution in [0.2, 0.25) is 0 Å². The first-order valence-electron chi connectivity index (χ1n) is 7.43. The average Bonchev–Trinajstić information content (AvgIpc) is 2.91. The second-order valence-corrected chi connectivity index (χ2v) is 6.18.